The molecule has 0 aromatic heterocycles. The quantitative estimate of drug-likeness (QED) is 0.740. The van der Waals surface area contributed by atoms with Gasteiger partial charge in [-0.25, -0.2) is 0 Å². The number of ether oxygens (including phenoxy) is 1. The Kier molecular flexibility index (Phi) is 4.11. The van der Waals surface area contributed by atoms with Crippen molar-refractivity contribution < 1.29 is 9.53 Å². The Labute approximate surface area is 92.0 Å². The van der Waals surface area contributed by atoms with Crippen LogP contribution in [0.2, 0.25) is 0 Å². The summed E-state index contributed by atoms with van der Waals surface area (Å²) in [6.45, 7) is 6.36. The molecule has 1 N–H and O–H groups in total. The van der Waals surface area contributed by atoms with Gasteiger partial charge < -0.3 is 15.0 Å². The molecule has 4 heteroatoms. The molecule has 4 nitrogen and oxygen atoms in total. The van der Waals surface area contributed by atoms with Gasteiger partial charge in [0.2, 0.25) is 5.91 Å². The number of carbonyl (C=O) groups is 1. The molecule has 0 aromatic rings. The summed E-state index contributed by atoms with van der Waals surface area (Å²) >= 11 is 0. The van der Waals surface area contributed by atoms with E-state index >= 15 is 0 Å². The lowest BCUT2D eigenvalue weighted by Crippen LogP contribution is -2.46. The van der Waals surface area contributed by atoms with E-state index in [2.05, 4.69) is 5.32 Å². The summed E-state index contributed by atoms with van der Waals surface area (Å²) in [6.07, 6.45) is 0.926. The molecule has 1 rings (SSSR count). The van der Waals surface area contributed by atoms with E-state index in [1.165, 1.54) is 0 Å². The van der Waals surface area contributed by atoms with Gasteiger partial charge in [-0.1, -0.05) is 0 Å². The van der Waals surface area contributed by atoms with Crippen molar-refractivity contribution in [2.45, 2.75) is 26.3 Å². The number of carbonyl (C=O) groups excluding carboxylic acids is 1. The molecule has 0 radical (unpaired) electrons. The van der Waals surface area contributed by atoms with Crippen LogP contribution < -0.4 is 5.32 Å². The molecule has 0 aromatic carbocycles. The van der Waals surface area contributed by atoms with Crippen molar-refractivity contribution in [1.29, 1.82) is 0 Å². The van der Waals surface area contributed by atoms with Gasteiger partial charge >= 0.3 is 0 Å². The van der Waals surface area contributed by atoms with E-state index in [1.54, 1.807) is 12.0 Å². The van der Waals surface area contributed by atoms with E-state index in [0.29, 0.717) is 6.61 Å². The lowest BCUT2D eigenvalue weighted by atomic mass is 9.88. The smallest absolute Gasteiger partial charge is 0.229 e. The molecule has 1 saturated heterocycles. The second-order valence-electron chi connectivity index (χ2n) is 4.71. The fourth-order valence-electron chi connectivity index (χ4n) is 1.98. The molecule has 1 amide bonds. The van der Waals surface area contributed by atoms with E-state index in [-0.39, 0.29) is 17.4 Å². The zero-order valence-electron chi connectivity index (χ0n) is 10.2. The Bertz CT molecular complexity index is 225. The summed E-state index contributed by atoms with van der Waals surface area (Å²) in [7, 11) is 3.52. The van der Waals surface area contributed by atoms with Crippen molar-refractivity contribution in [3.05, 3.63) is 0 Å². The first kappa shape index (κ1) is 12.5. The molecule has 0 saturated carbocycles. The number of likely N-dealkylation sites (N-methyl/N-ethyl adjacent to an activating group) is 1. The van der Waals surface area contributed by atoms with Gasteiger partial charge in [0, 0.05) is 20.7 Å². The predicted molar refractivity (Wildman–Crippen MR) is 59.7 cm³/mol. The number of rotatable bonds is 4. The molecule has 1 fully saturated rings. The second kappa shape index (κ2) is 4.94. The maximum absolute atomic E-state index is 12.2. The van der Waals surface area contributed by atoms with E-state index < -0.39 is 0 Å². The van der Waals surface area contributed by atoms with Crippen LogP contribution in [0, 0.1) is 5.41 Å². The summed E-state index contributed by atoms with van der Waals surface area (Å²) in [5.41, 5.74) is -0.225. The van der Waals surface area contributed by atoms with E-state index in [0.717, 1.165) is 19.5 Å². The monoisotopic (exact) mass is 214 g/mol. The molecule has 0 spiro atoms. The van der Waals surface area contributed by atoms with Crippen LogP contribution in [-0.4, -0.2) is 50.7 Å². The van der Waals surface area contributed by atoms with Gasteiger partial charge in [0.15, 0.2) is 0 Å². The molecule has 88 valence electrons. The van der Waals surface area contributed by atoms with Gasteiger partial charge in [0.1, 0.15) is 0 Å². The SMILES string of the molecule is COCC(C)N(C)C(=O)C1(C)CCNC1. The van der Waals surface area contributed by atoms with Crippen LogP contribution in [0.25, 0.3) is 0 Å². The summed E-state index contributed by atoms with van der Waals surface area (Å²) in [5.74, 6) is 0.219. The van der Waals surface area contributed by atoms with Crippen molar-refractivity contribution >= 4 is 5.91 Å². The topological polar surface area (TPSA) is 41.6 Å². The molecular weight excluding hydrogens is 192 g/mol. The number of nitrogens with zero attached hydrogens (tertiary/aromatic N) is 1. The van der Waals surface area contributed by atoms with Gasteiger partial charge in [-0.2, -0.15) is 0 Å². The van der Waals surface area contributed by atoms with Crippen LogP contribution in [0.15, 0.2) is 0 Å². The first-order valence-electron chi connectivity index (χ1n) is 5.48. The second-order valence-corrected chi connectivity index (χ2v) is 4.71. The largest absolute Gasteiger partial charge is 0.383 e. The van der Waals surface area contributed by atoms with Gasteiger partial charge in [-0.3, -0.25) is 4.79 Å². The van der Waals surface area contributed by atoms with Crippen LogP contribution in [-0.2, 0) is 9.53 Å². The maximum atomic E-state index is 12.2. The zero-order valence-corrected chi connectivity index (χ0v) is 10.2. The number of hydrogen-bond donors (Lipinski definition) is 1. The van der Waals surface area contributed by atoms with Crippen LogP contribution in [0.3, 0.4) is 0 Å². The minimum atomic E-state index is -0.225. The highest BCUT2D eigenvalue weighted by molar-refractivity contribution is 5.83. The van der Waals surface area contributed by atoms with Gasteiger partial charge in [0.05, 0.1) is 18.1 Å². The third kappa shape index (κ3) is 2.69. The number of amides is 1. The highest BCUT2D eigenvalue weighted by Gasteiger charge is 2.39. The lowest BCUT2D eigenvalue weighted by Gasteiger charge is -2.32. The summed E-state index contributed by atoms with van der Waals surface area (Å²) in [6, 6.07) is 0.139. The van der Waals surface area contributed by atoms with Crippen molar-refractivity contribution in [3.63, 3.8) is 0 Å². The van der Waals surface area contributed by atoms with E-state index in [1.807, 2.05) is 20.9 Å². The Morgan fingerprint density at radius 2 is 2.33 bits per heavy atom. The Balaban J connectivity index is 2.58. The molecule has 0 aliphatic carbocycles. The summed E-state index contributed by atoms with van der Waals surface area (Å²) in [4.78, 5) is 14.0. The third-order valence-electron chi connectivity index (χ3n) is 3.27. The molecule has 1 aliphatic heterocycles. The third-order valence-corrected chi connectivity index (χ3v) is 3.27. The van der Waals surface area contributed by atoms with E-state index in [4.69, 9.17) is 4.74 Å². The van der Waals surface area contributed by atoms with Crippen LogP contribution >= 0.6 is 0 Å². The molecule has 2 unspecified atom stereocenters. The minimum Gasteiger partial charge on any atom is -0.383 e. The maximum Gasteiger partial charge on any atom is 0.229 e. The minimum absolute atomic E-state index is 0.139. The molecule has 1 aliphatic rings. The first-order chi connectivity index (χ1) is 7.01. The average Bonchev–Trinajstić information content (AvgIpc) is 2.64. The van der Waals surface area contributed by atoms with Crippen LogP contribution in [0.5, 0.6) is 0 Å². The fraction of sp³-hybridized carbons (Fsp3) is 0.909. The first-order valence-corrected chi connectivity index (χ1v) is 5.48. The van der Waals surface area contributed by atoms with E-state index in [9.17, 15) is 4.79 Å². The highest BCUT2D eigenvalue weighted by atomic mass is 16.5. The van der Waals surface area contributed by atoms with Crippen LogP contribution in [0.1, 0.15) is 20.3 Å². The molecular formula is C11H22N2O2. The van der Waals surface area contributed by atoms with Gasteiger partial charge in [-0.15, -0.1) is 0 Å². The fourth-order valence-corrected chi connectivity index (χ4v) is 1.98. The Morgan fingerprint density at radius 3 is 2.80 bits per heavy atom. The van der Waals surface area contributed by atoms with Crippen molar-refractivity contribution in [1.82, 2.24) is 10.2 Å². The molecule has 15 heavy (non-hydrogen) atoms. The number of hydrogen-bond acceptors (Lipinski definition) is 3. The van der Waals surface area contributed by atoms with Crippen molar-refractivity contribution in [2.75, 3.05) is 33.9 Å². The molecule has 2 atom stereocenters. The van der Waals surface area contributed by atoms with Gasteiger partial charge in [0.25, 0.3) is 0 Å². The summed E-state index contributed by atoms with van der Waals surface area (Å²) in [5, 5.41) is 3.24. The van der Waals surface area contributed by atoms with Gasteiger partial charge in [-0.05, 0) is 26.8 Å². The Hall–Kier alpha value is -0.610. The molecule has 1 heterocycles. The lowest BCUT2D eigenvalue weighted by molar-refractivity contribution is -0.141. The summed E-state index contributed by atoms with van der Waals surface area (Å²) < 4.78 is 5.06. The highest BCUT2D eigenvalue weighted by Crippen LogP contribution is 2.27. The number of methoxy groups -OCH3 is 1. The Morgan fingerprint density at radius 1 is 1.67 bits per heavy atom. The molecule has 0 bridgehead atoms. The predicted octanol–water partition coefficient (Wildman–Crippen LogP) is 0.479. The number of nitrogens with one attached hydrogen (secondary N) is 1. The zero-order chi connectivity index (χ0) is 11.5. The normalized spacial score (nSPS) is 27.7. The van der Waals surface area contributed by atoms with Crippen molar-refractivity contribution in [2.24, 2.45) is 5.41 Å². The van der Waals surface area contributed by atoms with Crippen LogP contribution in [0.4, 0.5) is 0 Å². The average molecular weight is 214 g/mol. The standard InChI is InChI=1S/C11H22N2O2/c1-9(7-15-4)13(3)10(14)11(2)5-6-12-8-11/h9,12H,5-8H2,1-4H3. The van der Waals surface area contributed by atoms with Crippen molar-refractivity contribution in [3.8, 4) is 0 Å².